The molecule has 134 valence electrons. The fraction of sp³-hybridized carbons (Fsp3) is 0.895. The Morgan fingerprint density at radius 1 is 0.957 bits per heavy atom. The molecule has 0 saturated carbocycles. The number of cyclic esters (lactones) is 1. The first kappa shape index (κ1) is 20.0. The van der Waals surface area contributed by atoms with Gasteiger partial charge in [-0.25, -0.2) is 0 Å². The van der Waals surface area contributed by atoms with Crippen molar-refractivity contribution >= 4 is 11.9 Å². The molecule has 1 rings (SSSR count). The van der Waals surface area contributed by atoms with E-state index in [0.29, 0.717) is 6.42 Å². The molecule has 0 unspecified atom stereocenters. The number of hydrogen-bond donors (Lipinski definition) is 1. The van der Waals surface area contributed by atoms with Gasteiger partial charge in [0.25, 0.3) is 0 Å². The molecule has 0 aliphatic carbocycles. The van der Waals surface area contributed by atoms with Crippen LogP contribution in [0, 0.1) is 11.8 Å². The molecule has 1 saturated heterocycles. The van der Waals surface area contributed by atoms with Gasteiger partial charge in [-0.15, -0.1) is 0 Å². The molecule has 23 heavy (non-hydrogen) atoms. The lowest BCUT2D eigenvalue weighted by atomic mass is 9.89. The van der Waals surface area contributed by atoms with Crippen molar-refractivity contribution in [3.63, 3.8) is 0 Å². The van der Waals surface area contributed by atoms with Crippen LogP contribution >= 0.6 is 0 Å². The number of carboxylic acid groups (broad SMARTS) is 1. The molecule has 1 heterocycles. The first-order chi connectivity index (χ1) is 11.1. The summed E-state index contributed by atoms with van der Waals surface area (Å²) >= 11 is 0. The summed E-state index contributed by atoms with van der Waals surface area (Å²) in [6.07, 6.45) is 14.2. The van der Waals surface area contributed by atoms with Crippen molar-refractivity contribution in [2.75, 3.05) is 0 Å². The standard InChI is InChI=1S/C19H34O4/c1-3-4-5-6-7-8-9-10-11-12-13-14-16-17(18(20)21)15(2)19(22)23-16/h15-17H,3-14H2,1-2H3,(H,20,21)/t15-,16-,17-/m0/s1. The summed E-state index contributed by atoms with van der Waals surface area (Å²) in [6, 6.07) is 0. The van der Waals surface area contributed by atoms with Gasteiger partial charge >= 0.3 is 11.9 Å². The molecule has 3 atom stereocenters. The highest BCUT2D eigenvalue weighted by molar-refractivity contribution is 5.84. The maximum absolute atomic E-state index is 11.5. The van der Waals surface area contributed by atoms with E-state index >= 15 is 0 Å². The molecule has 1 fully saturated rings. The summed E-state index contributed by atoms with van der Waals surface area (Å²) in [4.78, 5) is 22.8. The van der Waals surface area contributed by atoms with Crippen LogP contribution in [0.2, 0.25) is 0 Å². The summed E-state index contributed by atoms with van der Waals surface area (Å²) in [5.41, 5.74) is 0. The third kappa shape index (κ3) is 7.36. The number of esters is 1. The lowest BCUT2D eigenvalue weighted by Gasteiger charge is -2.15. The van der Waals surface area contributed by atoms with Crippen LogP contribution < -0.4 is 0 Å². The van der Waals surface area contributed by atoms with Crippen LogP contribution in [-0.4, -0.2) is 23.1 Å². The second kappa shape index (κ2) is 11.5. The zero-order chi connectivity index (χ0) is 17.1. The largest absolute Gasteiger partial charge is 0.481 e. The van der Waals surface area contributed by atoms with E-state index < -0.39 is 23.9 Å². The summed E-state index contributed by atoms with van der Waals surface area (Å²) in [5, 5.41) is 9.22. The smallest absolute Gasteiger partial charge is 0.311 e. The first-order valence-corrected chi connectivity index (χ1v) is 9.51. The lowest BCUT2D eigenvalue weighted by Crippen LogP contribution is -2.27. The second-order valence-corrected chi connectivity index (χ2v) is 6.95. The minimum atomic E-state index is -0.906. The number of carboxylic acids is 1. The van der Waals surface area contributed by atoms with Crippen LogP contribution in [0.4, 0.5) is 0 Å². The molecule has 0 spiro atoms. The van der Waals surface area contributed by atoms with Gasteiger partial charge in [-0.05, 0) is 12.8 Å². The van der Waals surface area contributed by atoms with Crippen molar-refractivity contribution in [3.8, 4) is 0 Å². The van der Waals surface area contributed by atoms with Gasteiger partial charge in [0.15, 0.2) is 0 Å². The fourth-order valence-electron chi connectivity index (χ4n) is 3.42. The predicted molar refractivity (Wildman–Crippen MR) is 91.2 cm³/mol. The molecule has 0 aromatic rings. The number of unbranched alkanes of at least 4 members (excludes halogenated alkanes) is 10. The van der Waals surface area contributed by atoms with E-state index in [9.17, 15) is 14.7 Å². The predicted octanol–water partition coefficient (Wildman–Crippen LogP) is 4.95. The van der Waals surface area contributed by atoms with Crippen molar-refractivity contribution in [1.82, 2.24) is 0 Å². The Bertz CT molecular complexity index is 353. The Hall–Kier alpha value is -1.06. The third-order valence-corrected chi connectivity index (χ3v) is 4.96. The van der Waals surface area contributed by atoms with E-state index in [1.807, 2.05) is 0 Å². The molecule has 0 bridgehead atoms. The quantitative estimate of drug-likeness (QED) is 0.384. The van der Waals surface area contributed by atoms with E-state index in [4.69, 9.17) is 4.74 Å². The monoisotopic (exact) mass is 326 g/mol. The Morgan fingerprint density at radius 2 is 1.43 bits per heavy atom. The van der Waals surface area contributed by atoms with E-state index in [0.717, 1.165) is 12.8 Å². The Morgan fingerprint density at radius 3 is 1.91 bits per heavy atom. The summed E-state index contributed by atoms with van der Waals surface area (Å²) in [7, 11) is 0. The van der Waals surface area contributed by atoms with Gasteiger partial charge in [0.1, 0.15) is 12.0 Å². The average Bonchev–Trinajstić information content (AvgIpc) is 2.79. The van der Waals surface area contributed by atoms with Crippen molar-refractivity contribution < 1.29 is 19.4 Å². The van der Waals surface area contributed by atoms with Crippen molar-refractivity contribution in [2.45, 2.75) is 97.0 Å². The topological polar surface area (TPSA) is 63.6 Å². The molecule has 0 radical (unpaired) electrons. The van der Waals surface area contributed by atoms with Gasteiger partial charge in [0.2, 0.25) is 0 Å². The number of carbonyl (C=O) groups is 2. The Balaban J connectivity index is 2.00. The molecule has 0 aromatic carbocycles. The number of aliphatic carboxylic acids is 1. The van der Waals surface area contributed by atoms with Gasteiger partial charge in [0.05, 0.1) is 5.92 Å². The van der Waals surface area contributed by atoms with Crippen LogP contribution in [0.1, 0.15) is 90.9 Å². The highest BCUT2D eigenvalue weighted by Gasteiger charge is 2.45. The highest BCUT2D eigenvalue weighted by Crippen LogP contribution is 2.31. The van der Waals surface area contributed by atoms with E-state index in [-0.39, 0.29) is 5.97 Å². The summed E-state index contributed by atoms with van der Waals surface area (Å²) in [6.45, 7) is 3.90. The van der Waals surface area contributed by atoms with Gasteiger partial charge in [-0.1, -0.05) is 78.1 Å². The molecular formula is C19H34O4. The van der Waals surface area contributed by atoms with E-state index in [2.05, 4.69) is 6.92 Å². The number of ether oxygens (including phenoxy) is 1. The molecule has 1 aliphatic heterocycles. The molecular weight excluding hydrogens is 292 g/mol. The molecule has 0 amide bonds. The minimum absolute atomic E-state index is 0.356. The molecule has 0 aromatic heterocycles. The van der Waals surface area contributed by atoms with Crippen LogP contribution in [0.15, 0.2) is 0 Å². The zero-order valence-corrected chi connectivity index (χ0v) is 14.9. The maximum atomic E-state index is 11.5. The molecule has 1 N–H and O–H groups in total. The summed E-state index contributed by atoms with van der Waals surface area (Å²) < 4.78 is 5.22. The van der Waals surface area contributed by atoms with E-state index in [1.54, 1.807) is 6.92 Å². The van der Waals surface area contributed by atoms with Gasteiger partial charge in [-0.3, -0.25) is 9.59 Å². The second-order valence-electron chi connectivity index (χ2n) is 6.95. The van der Waals surface area contributed by atoms with Crippen LogP contribution in [-0.2, 0) is 14.3 Å². The third-order valence-electron chi connectivity index (χ3n) is 4.96. The van der Waals surface area contributed by atoms with Crippen LogP contribution in [0.3, 0.4) is 0 Å². The normalized spacial score (nSPS) is 23.9. The van der Waals surface area contributed by atoms with Crippen molar-refractivity contribution in [1.29, 1.82) is 0 Å². The average molecular weight is 326 g/mol. The number of carbonyl (C=O) groups excluding carboxylic acids is 1. The van der Waals surface area contributed by atoms with E-state index in [1.165, 1.54) is 57.8 Å². The van der Waals surface area contributed by atoms with Gasteiger partial charge < -0.3 is 9.84 Å². The Labute approximate surface area is 141 Å². The van der Waals surface area contributed by atoms with Crippen LogP contribution in [0.5, 0.6) is 0 Å². The minimum Gasteiger partial charge on any atom is -0.481 e. The lowest BCUT2D eigenvalue weighted by molar-refractivity contribution is -0.144. The van der Waals surface area contributed by atoms with Crippen molar-refractivity contribution in [2.24, 2.45) is 11.8 Å². The summed E-state index contributed by atoms with van der Waals surface area (Å²) in [5.74, 6) is -2.43. The molecule has 4 nitrogen and oxygen atoms in total. The first-order valence-electron chi connectivity index (χ1n) is 9.51. The maximum Gasteiger partial charge on any atom is 0.311 e. The van der Waals surface area contributed by atoms with Gasteiger partial charge in [-0.2, -0.15) is 0 Å². The van der Waals surface area contributed by atoms with Crippen LogP contribution in [0.25, 0.3) is 0 Å². The van der Waals surface area contributed by atoms with Gasteiger partial charge in [0, 0.05) is 0 Å². The SMILES string of the molecule is CCCCCCCCCCCCC[C@@H]1OC(=O)[C@@H](C)[C@@H]1C(=O)O. The molecule has 1 aliphatic rings. The zero-order valence-electron chi connectivity index (χ0n) is 14.9. The van der Waals surface area contributed by atoms with Crippen molar-refractivity contribution in [3.05, 3.63) is 0 Å². The fourth-order valence-corrected chi connectivity index (χ4v) is 3.42. The molecule has 4 heteroatoms. The number of rotatable bonds is 13. The Kier molecular flexibility index (Phi) is 9.97. The highest BCUT2D eigenvalue weighted by atomic mass is 16.6. The number of hydrogen-bond acceptors (Lipinski definition) is 3.